The summed E-state index contributed by atoms with van der Waals surface area (Å²) in [6.45, 7) is 0. The van der Waals surface area contributed by atoms with E-state index in [-0.39, 0.29) is 30.3 Å². The van der Waals surface area contributed by atoms with Crippen LogP contribution in [0.3, 0.4) is 0 Å². The first-order valence-corrected chi connectivity index (χ1v) is 8.05. The Labute approximate surface area is 133 Å². The Hall–Kier alpha value is -1.65. The van der Waals surface area contributed by atoms with Gasteiger partial charge in [0, 0.05) is 17.8 Å². The van der Waals surface area contributed by atoms with Gasteiger partial charge in [0.25, 0.3) is 0 Å². The van der Waals surface area contributed by atoms with Crippen LogP contribution in [0, 0.1) is 5.41 Å². The third-order valence-corrected chi connectivity index (χ3v) is 5.40. The lowest BCUT2D eigenvalue weighted by Crippen LogP contribution is -2.44. The van der Waals surface area contributed by atoms with Crippen LogP contribution < -0.4 is 0 Å². The molecule has 23 heavy (non-hydrogen) atoms. The third-order valence-electron chi connectivity index (χ3n) is 5.40. The van der Waals surface area contributed by atoms with E-state index in [1.54, 1.807) is 0 Å². The highest BCUT2D eigenvalue weighted by Gasteiger charge is 2.50. The molecule has 0 heterocycles. The molecule has 1 spiro atoms. The summed E-state index contributed by atoms with van der Waals surface area (Å²) in [6, 6.07) is 4.98. The predicted molar refractivity (Wildman–Crippen MR) is 79.0 cm³/mol. The molecule has 3 rings (SSSR count). The van der Waals surface area contributed by atoms with Crippen molar-refractivity contribution in [2.75, 3.05) is 0 Å². The summed E-state index contributed by atoms with van der Waals surface area (Å²) < 4.78 is 38.2. The number of hydrogen-bond acceptors (Lipinski definition) is 2. The minimum absolute atomic E-state index is 0.0154. The van der Waals surface area contributed by atoms with E-state index >= 15 is 0 Å². The molecular formula is C18H19F3O2. The standard InChI is InChI=1S/C18H19F3O2/c19-18(20,21)13-6-4-12(5-7-13)15-10-14(22)11-16(23)17(15)8-2-1-3-9-17/h4-7,15H,1-3,8-11H2. The molecule has 0 radical (unpaired) electrons. The average Bonchev–Trinajstić information content (AvgIpc) is 2.51. The normalized spacial score (nSPS) is 24.9. The molecule has 2 aliphatic carbocycles. The molecular weight excluding hydrogens is 305 g/mol. The van der Waals surface area contributed by atoms with Crippen LogP contribution >= 0.6 is 0 Å². The first kappa shape index (κ1) is 16.2. The Morgan fingerprint density at radius 3 is 2.13 bits per heavy atom. The van der Waals surface area contributed by atoms with Gasteiger partial charge < -0.3 is 0 Å². The Kier molecular flexibility index (Phi) is 4.07. The van der Waals surface area contributed by atoms with Crippen molar-refractivity contribution in [1.82, 2.24) is 0 Å². The number of carbonyl (C=O) groups is 2. The van der Waals surface area contributed by atoms with Crippen molar-refractivity contribution in [2.24, 2.45) is 5.41 Å². The minimum Gasteiger partial charge on any atom is -0.299 e. The van der Waals surface area contributed by atoms with Crippen LogP contribution in [0.2, 0.25) is 0 Å². The molecule has 2 saturated carbocycles. The second-order valence-electron chi connectivity index (χ2n) is 6.73. The number of benzene rings is 1. The van der Waals surface area contributed by atoms with Crippen LogP contribution in [0.15, 0.2) is 24.3 Å². The maximum absolute atomic E-state index is 12.7. The zero-order valence-corrected chi connectivity index (χ0v) is 12.8. The van der Waals surface area contributed by atoms with Gasteiger partial charge in [-0.3, -0.25) is 9.59 Å². The van der Waals surface area contributed by atoms with E-state index in [1.807, 2.05) is 0 Å². The van der Waals surface area contributed by atoms with E-state index < -0.39 is 17.2 Å². The second kappa shape index (κ2) is 5.77. The van der Waals surface area contributed by atoms with Crippen LogP contribution in [0.4, 0.5) is 13.2 Å². The molecule has 0 bridgehead atoms. The molecule has 1 atom stereocenters. The number of hydrogen-bond donors (Lipinski definition) is 0. The number of alkyl halides is 3. The molecule has 0 aromatic heterocycles. The predicted octanol–water partition coefficient (Wildman–Crippen LogP) is 4.67. The highest BCUT2D eigenvalue weighted by molar-refractivity contribution is 6.05. The topological polar surface area (TPSA) is 34.1 Å². The Morgan fingerprint density at radius 2 is 1.57 bits per heavy atom. The molecule has 124 valence electrons. The molecule has 1 aromatic rings. The van der Waals surface area contributed by atoms with Crippen LogP contribution in [-0.2, 0) is 15.8 Å². The van der Waals surface area contributed by atoms with E-state index in [4.69, 9.17) is 0 Å². The van der Waals surface area contributed by atoms with Crippen LogP contribution in [0.25, 0.3) is 0 Å². The first-order chi connectivity index (χ1) is 10.8. The van der Waals surface area contributed by atoms with Crippen LogP contribution in [0.5, 0.6) is 0 Å². The van der Waals surface area contributed by atoms with Crippen molar-refractivity contribution in [2.45, 2.75) is 57.0 Å². The molecule has 0 saturated heterocycles. The summed E-state index contributed by atoms with van der Waals surface area (Å²) in [7, 11) is 0. The zero-order chi connectivity index (χ0) is 16.7. The molecule has 5 heteroatoms. The van der Waals surface area contributed by atoms with Crippen molar-refractivity contribution >= 4 is 11.6 Å². The smallest absolute Gasteiger partial charge is 0.299 e. The van der Waals surface area contributed by atoms with Gasteiger partial charge in [0.1, 0.15) is 11.6 Å². The van der Waals surface area contributed by atoms with E-state index in [1.165, 1.54) is 12.1 Å². The highest BCUT2D eigenvalue weighted by atomic mass is 19.4. The number of ketones is 2. The Balaban J connectivity index is 1.97. The third kappa shape index (κ3) is 2.93. The number of carbonyl (C=O) groups excluding carboxylic acids is 2. The first-order valence-electron chi connectivity index (χ1n) is 8.05. The van der Waals surface area contributed by atoms with Gasteiger partial charge in [-0.2, -0.15) is 13.2 Å². The zero-order valence-electron chi connectivity index (χ0n) is 12.8. The summed E-state index contributed by atoms with van der Waals surface area (Å²) in [6.07, 6.45) is 0.305. The largest absolute Gasteiger partial charge is 0.416 e. The van der Waals surface area contributed by atoms with Gasteiger partial charge in [0.2, 0.25) is 0 Å². The lowest BCUT2D eigenvalue weighted by Gasteiger charge is -2.45. The van der Waals surface area contributed by atoms with Gasteiger partial charge in [-0.1, -0.05) is 31.4 Å². The Morgan fingerprint density at radius 1 is 0.957 bits per heavy atom. The van der Waals surface area contributed by atoms with Crippen molar-refractivity contribution in [3.05, 3.63) is 35.4 Å². The average molecular weight is 324 g/mol. The number of halogens is 3. The second-order valence-corrected chi connectivity index (χ2v) is 6.73. The van der Waals surface area contributed by atoms with Crippen molar-refractivity contribution in [1.29, 1.82) is 0 Å². The van der Waals surface area contributed by atoms with Gasteiger partial charge in [-0.25, -0.2) is 0 Å². The molecule has 0 N–H and O–H groups in total. The minimum atomic E-state index is -4.38. The monoisotopic (exact) mass is 324 g/mol. The SMILES string of the molecule is O=C1CC(=O)C2(CCCCC2)C(c2ccc(C(F)(F)F)cc2)C1. The van der Waals surface area contributed by atoms with Crippen molar-refractivity contribution < 1.29 is 22.8 Å². The lowest BCUT2D eigenvalue weighted by atomic mass is 9.57. The molecule has 0 aliphatic heterocycles. The number of Topliss-reactive ketones (excluding diaryl/α,β-unsaturated/α-hetero) is 2. The fraction of sp³-hybridized carbons (Fsp3) is 0.556. The van der Waals surface area contributed by atoms with E-state index in [9.17, 15) is 22.8 Å². The van der Waals surface area contributed by atoms with E-state index in [0.29, 0.717) is 5.56 Å². The summed E-state index contributed by atoms with van der Waals surface area (Å²) in [5.41, 5.74) is -0.569. The van der Waals surface area contributed by atoms with Crippen LogP contribution in [0.1, 0.15) is 62.0 Å². The molecule has 0 amide bonds. The van der Waals surface area contributed by atoms with E-state index in [0.717, 1.165) is 44.2 Å². The molecule has 1 aromatic carbocycles. The molecule has 1 unspecified atom stereocenters. The van der Waals surface area contributed by atoms with Crippen LogP contribution in [-0.4, -0.2) is 11.6 Å². The maximum Gasteiger partial charge on any atom is 0.416 e. The van der Waals surface area contributed by atoms with Crippen molar-refractivity contribution in [3.63, 3.8) is 0 Å². The van der Waals surface area contributed by atoms with Gasteiger partial charge in [0.15, 0.2) is 0 Å². The molecule has 2 aliphatic rings. The summed E-state index contributed by atoms with van der Waals surface area (Å²) in [4.78, 5) is 24.5. The summed E-state index contributed by atoms with van der Waals surface area (Å²) >= 11 is 0. The van der Waals surface area contributed by atoms with Gasteiger partial charge in [0.05, 0.1) is 12.0 Å². The van der Waals surface area contributed by atoms with E-state index in [2.05, 4.69) is 0 Å². The quantitative estimate of drug-likeness (QED) is 0.703. The maximum atomic E-state index is 12.7. The molecule has 2 fully saturated rings. The highest BCUT2D eigenvalue weighted by Crippen LogP contribution is 2.52. The fourth-order valence-electron chi connectivity index (χ4n) is 4.20. The summed E-state index contributed by atoms with van der Waals surface area (Å²) in [5, 5.41) is 0. The lowest BCUT2D eigenvalue weighted by molar-refractivity contribution is -0.142. The van der Waals surface area contributed by atoms with Gasteiger partial charge >= 0.3 is 6.18 Å². The van der Waals surface area contributed by atoms with Gasteiger partial charge in [-0.05, 0) is 30.5 Å². The number of rotatable bonds is 1. The summed E-state index contributed by atoms with van der Waals surface area (Å²) in [5.74, 6) is -0.395. The Bertz CT molecular complexity index is 610. The van der Waals surface area contributed by atoms with Gasteiger partial charge in [-0.15, -0.1) is 0 Å². The van der Waals surface area contributed by atoms with Crippen molar-refractivity contribution in [3.8, 4) is 0 Å². The fourth-order valence-corrected chi connectivity index (χ4v) is 4.20. The molecule has 2 nitrogen and oxygen atoms in total.